The Bertz CT molecular complexity index is 963. The van der Waals surface area contributed by atoms with Crippen molar-refractivity contribution in [2.75, 3.05) is 11.9 Å². The van der Waals surface area contributed by atoms with Gasteiger partial charge in [0.05, 0.1) is 6.54 Å². The summed E-state index contributed by atoms with van der Waals surface area (Å²) in [5.41, 5.74) is 0.904. The van der Waals surface area contributed by atoms with Gasteiger partial charge in [0.15, 0.2) is 11.5 Å². The van der Waals surface area contributed by atoms with E-state index < -0.39 is 17.6 Å². The van der Waals surface area contributed by atoms with E-state index in [9.17, 15) is 14.0 Å². The molecule has 0 saturated carbocycles. The Morgan fingerprint density at radius 2 is 2.00 bits per heavy atom. The lowest BCUT2D eigenvalue weighted by atomic mass is 10.3. The van der Waals surface area contributed by atoms with Gasteiger partial charge in [-0.1, -0.05) is 17.3 Å². The fourth-order valence-electron chi connectivity index (χ4n) is 2.32. The standard InChI is InChI=1S/C17H16FN5O3/c1-10-7-13(21-23(10)14-6-4-3-5-12(14)18)17(25)19-9-16(24)20-15-8-11(2)26-22-15/h3-8H,9H2,1-2H3,(H,19,25)(H,20,22,24). The van der Waals surface area contributed by atoms with Crippen molar-refractivity contribution in [1.29, 1.82) is 0 Å². The fourth-order valence-corrected chi connectivity index (χ4v) is 2.32. The van der Waals surface area contributed by atoms with Gasteiger partial charge in [0, 0.05) is 11.8 Å². The highest BCUT2D eigenvalue weighted by molar-refractivity contribution is 5.98. The zero-order chi connectivity index (χ0) is 18.7. The molecule has 0 fully saturated rings. The highest BCUT2D eigenvalue weighted by atomic mass is 19.1. The minimum Gasteiger partial charge on any atom is -0.360 e. The van der Waals surface area contributed by atoms with Crippen LogP contribution in [0, 0.1) is 19.7 Å². The van der Waals surface area contributed by atoms with E-state index in [-0.39, 0.29) is 23.7 Å². The molecule has 0 unspecified atom stereocenters. The van der Waals surface area contributed by atoms with Crippen LogP contribution in [-0.2, 0) is 4.79 Å². The molecule has 0 aliphatic rings. The summed E-state index contributed by atoms with van der Waals surface area (Å²) >= 11 is 0. The van der Waals surface area contributed by atoms with Crippen LogP contribution in [0.5, 0.6) is 0 Å². The normalized spacial score (nSPS) is 10.6. The van der Waals surface area contributed by atoms with E-state index in [0.29, 0.717) is 11.5 Å². The zero-order valence-electron chi connectivity index (χ0n) is 14.1. The molecule has 9 heteroatoms. The number of hydrogen-bond donors (Lipinski definition) is 2. The first-order chi connectivity index (χ1) is 12.4. The summed E-state index contributed by atoms with van der Waals surface area (Å²) in [6.07, 6.45) is 0. The van der Waals surface area contributed by atoms with Gasteiger partial charge in [-0.25, -0.2) is 9.07 Å². The molecule has 0 aliphatic carbocycles. The number of hydrogen-bond acceptors (Lipinski definition) is 5. The fraction of sp³-hybridized carbons (Fsp3) is 0.176. The predicted octanol–water partition coefficient (Wildman–Crippen LogP) is 1.98. The zero-order valence-corrected chi connectivity index (χ0v) is 14.1. The molecule has 0 atom stereocenters. The first-order valence-corrected chi connectivity index (χ1v) is 7.77. The molecule has 2 amide bonds. The average Bonchev–Trinajstić information content (AvgIpc) is 3.19. The third-order valence-electron chi connectivity index (χ3n) is 3.51. The van der Waals surface area contributed by atoms with E-state index in [2.05, 4.69) is 20.9 Å². The van der Waals surface area contributed by atoms with Gasteiger partial charge in [-0.3, -0.25) is 9.59 Å². The maximum absolute atomic E-state index is 13.9. The van der Waals surface area contributed by atoms with Gasteiger partial charge in [-0.2, -0.15) is 5.10 Å². The van der Waals surface area contributed by atoms with Crippen LogP contribution < -0.4 is 10.6 Å². The van der Waals surface area contributed by atoms with Crippen LogP contribution >= 0.6 is 0 Å². The number of nitrogens with zero attached hydrogens (tertiary/aromatic N) is 3. The van der Waals surface area contributed by atoms with E-state index in [1.807, 2.05) is 0 Å². The van der Waals surface area contributed by atoms with Crippen LogP contribution in [0.15, 0.2) is 40.9 Å². The van der Waals surface area contributed by atoms with Crippen molar-refractivity contribution in [3.63, 3.8) is 0 Å². The number of nitrogens with one attached hydrogen (secondary N) is 2. The van der Waals surface area contributed by atoms with Crippen LogP contribution in [-0.4, -0.2) is 33.3 Å². The van der Waals surface area contributed by atoms with Gasteiger partial charge in [0.2, 0.25) is 5.91 Å². The molecule has 0 bridgehead atoms. The topological polar surface area (TPSA) is 102 Å². The third kappa shape index (κ3) is 3.77. The first-order valence-electron chi connectivity index (χ1n) is 7.77. The molecule has 134 valence electrons. The van der Waals surface area contributed by atoms with Gasteiger partial charge in [-0.05, 0) is 32.0 Å². The summed E-state index contributed by atoms with van der Waals surface area (Å²) < 4.78 is 20.1. The van der Waals surface area contributed by atoms with Gasteiger partial charge in [0.25, 0.3) is 5.91 Å². The Morgan fingerprint density at radius 3 is 2.69 bits per heavy atom. The lowest BCUT2D eigenvalue weighted by molar-refractivity contribution is -0.115. The van der Waals surface area contributed by atoms with Gasteiger partial charge in [0.1, 0.15) is 17.3 Å². The number of amides is 2. The molecule has 0 aliphatic heterocycles. The Morgan fingerprint density at radius 1 is 1.23 bits per heavy atom. The monoisotopic (exact) mass is 357 g/mol. The van der Waals surface area contributed by atoms with Crippen molar-refractivity contribution < 1.29 is 18.5 Å². The molecule has 2 aromatic heterocycles. The number of halogens is 1. The van der Waals surface area contributed by atoms with Crippen molar-refractivity contribution in [3.05, 3.63) is 59.4 Å². The molecule has 8 nitrogen and oxygen atoms in total. The first kappa shape index (κ1) is 17.3. The number of benzene rings is 1. The number of aromatic nitrogens is 3. The molecular weight excluding hydrogens is 341 g/mol. The average molecular weight is 357 g/mol. The maximum Gasteiger partial charge on any atom is 0.272 e. The highest BCUT2D eigenvalue weighted by Gasteiger charge is 2.16. The van der Waals surface area contributed by atoms with Crippen LogP contribution in [0.2, 0.25) is 0 Å². The van der Waals surface area contributed by atoms with E-state index in [4.69, 9.17) is 4.52 Å². The molecule has 26 heavy (non-hydrogen) atoms. The van der Waals surface area contributed by atoms with Crippen molar-refractivity contribution in [3.8, 4) is 5.69 Å². The highest BCUT2D eigenvalue weighted by Crippen LogP contribution is 2.15. The van der Waals surface area contributed by atoms with Crippen molar-refractivity contribution in [2.45, 2.75) is 13.8 Å². The summed E-state index contributed by atoms with van der Waals surface area (Å²) in [4.78, 5) is 24.0. The molecule has 2 heterocycles. The summed E-state index contributed by atoms with van der Waals surface area (Å²) in [6, 6.07) is 9.19. The number of anilines is 1. The molecule has 3 rings (SSSR count). The SMILES string of the molecule is Cc1cc(NC(=O)CNC(=O)c2cc(C)n(-c3ccccc3F)n2)no1. The minimum atomic E-state index is -0.547. The molecule has 1 aromatic carbocycles. The Kier molecular flexibility index (Phi) is 4.78. The third-order valence-corrected chi connectivity index (χ3v) is 3.51. The molecule has 0 saturated heterocycles. The van der Waals surface area contributed by atoms with Crippen molar-refractivity contribution in [1.82, 2.24) is 20.3 Å². The molecule has 0 radical (unpaired) electrons. The van der Waals surface area contributed by atoms with Crippen molar-refractivity contribution in [2.24, 2.45) is 0 Å². The van der Waals surface area contributed by atoms with E-state index in [1.165, 1.54) is 16.8 Å². The largest absolute Gasteiger partial charge is 0.360 e. The quantitative estimate of drug-likeness (QED) is 0.727. The van der Waals surface area contributed by atoms with E-state index >= 15 is 0 Å². The molecule has 2 N–H and O–H groups in total. The number of para-hydroxylation sites is 1. The number of carbonyl (C=O) groups is 2. The predicted molar refractivity (Wildman–Crippen MR) is 90.5 cm³/mol. The lowest BCUT2D eigenvalue weighted by Gasteiger charge is -2.05. The summed E-state index contributed by atoms with van der Waals surface area (Å²) in [6.45, 7) is 3.13. The smallest absolute Gasteiger partial charge is 0.272 e. The second-order valence-electron chi connectivity index (χ2n) is 5.59. The molecule has 3 aromatic rings. The summed E-state index contributed by atoms with van der Waals surface area (Å²) in [5.74, 6) is -0.639. The Hall–Kier alpha value is -3.49. The van der Waals surface area contributed by atoms with Crippen LogP contribution in [0.25, 0.3) is 5.69 Å². The van der Waals surface area contributed by atoms with E-state index in [0.717, 1.165) is 0 Å². The molecular formula is C17H16FN5O3. The van der Waals surface area contributed by atoms with Gasteiger partial charge < -0.3 is 15.2 Å². The Labute approximate surface area is 148 Å². The molecule has 0 spiro atoms. The minimum absolute atomic E-state index is 0.0795. The second-order valence-corrected chi connectivity index (χ2v) is 5.59. The van der Waals surface area contributed by atoms with Crippen LogP contribution in [0.4, 0.5) is 10.2 Å². The lowest BCUT2D eigenvalue weighted by Crippen LogP contribution is -2.33. The van der Waals surface area contributed by atoms with Crippen LogP contribution in [0.3, 0.4) is 0 Å². The van der Waals surface area contributed by atoms with E-state index in [1.54, 1.807) is 38.1 Å². The summed E-state index contributed by atoms with van der Waals surface area (Å²) in [5, 5.41) is 12.7. The number of rotatable bonds is 5. The van der Waals surface area contributed by atoms with Gasteiger partial charge in [-0.15, -0.1) is 0 Å². The van der Waals surface area contributed by atoms with Crippen molar-refractivity contribution >= 4 is 17.6 Å². The Balaban J connectivity index is 1.64. The van der Waals surface area contributed by atoms with Crippen LogP contribution in [0.1, 0.15) is 21.9 Å². The summed E-state index contributed by atoms with van der Waals surface area (Å²) in [7, 11) is 0. The maximum atomic E-state index is 13.9. The number of aryl methyl sites for hydroxylation is 2. The van der Waals surface area contributed by atoms with Gasteiger partial charge >= 0.3 is 0 Å². The number of carbonyl (C=O) groups excluding carboxylic acids is 2. The second kappa shape index (κ2) is 7.18.